The number of hydrogen-bond donors (Lipinski definition) is 0. The maximum absolute atomic E-state index is 2.69. The molecular weight excluding hydrogens is 264 g/mol. The third-order valence-electron chi connectivity index (χ3n) is 9.05. The topological polar surface area (TPSA) is 0 Å². The van der Waals surface area contributed by atoms with E-state index in [1.165, 1.54) is 38.5 Å². The molecule has 4 atom stereocenters. The Morgan fingerprint density at radius 1 is 1.18 bits per heavy atom. The predicted molar refractivity (Wildman–Crippen MR) is 96.8 cm³/mol. The van der Waals surface area contributed by atoms with Crippen LogP contribution in [-0.2, 0) is 0 Å². The largest absolute Gasteiger partial charge is 0.0804 e. The van der Waals surface area contributed by atoms with Crippen LogP contribution in [0.5, 0.6) is 0 Å². The summed E-state index contributed by atoms with van der Waals surface area (Å²) in [6, 6.07) is 0. The fourth-order valence-electron chi connectivity index (χ4n) is 7.65. The van der Waals surface area contributed by atoms with Crippen LogP contribution >= 0.6 is 0 Å². The van der Waals surface area contributed by atoms with Gasteiger partial charge in [-0.15, -0.1) is 0 Å². The molecule has 4 aliphatic carbocycles. The van der Waals surface area contributed by atoms with Gasteiger partial charge in [0.15, 0.2) is 0 Å². The van der Waals surface area contributed by atoms with Crippen molar-refractivity contribution in [2.75, 3.05) is 0 Å². The Morgan fingerprint density at radius 3 is 2.14 bits per heavy atom. The summed E-state index contributed by atoms with van der Waals surface area (Å²) < 4.78 is 0. The van der Waals surface area contributed by atoms with E-state index in [1.54, 1.807) is 5.57 Å². The summed E-state index contributed by atoms with van der Waals surface area (Å²) in [4.78, 5) is 0. The Morgan fingerprint density at radius 2 is 1.77 bits per heavy atom. The highest BCUT2D eigenvalue weighted by Gasteiger charge is 2.70. The first-order valence-electron chi connectivity index (χ1n) is 9.96. The second-order valence-electron chi connectivity index (χ2n) is 9.59. The minimum absolute atomic E-state index is 0.405. The van der Waals surface area contributed by atoms with Gasteiger partial charge in [0.25, 0.3) is 0 Å². The minimum Gasteiger partial charge on any atom is -0.0804 e. The van der Waals surface area contributed by atoms with Crippen LogP contribution in [0.25, 0.3) is 0 Å². The van der Waals surface area contributed by atoms with E-state index in [-0.39, 0.29) is 0 Å². The molecule has 2 bridgehead atoms. The summed E-state index contributed by atoms with van der Waals surface area (Å²) in [5.41, 5.74) is 3.28. The monoisotopic (exact) mass is 302 g/mol. The highest BCUT2D eigenvalue weighted by Crippen LogP contribution is 2.77. The maximum Gasteiger partial charge on any atom is -0.0108 e. The Bertz CT molecular complexity index is 458. The van der Waals surface area contributed by atoms with E-state index in [2.05, 4.69) is 54.5 Å². The first-order valence-corrected chi connectivity index (χ1v) is 9.96. The highest BCUT2D eigenvalue weighted by molar-refractivity contribution is 5.31. The second kappa shape index (κ2) is 5.12. The molecule has 0 aromatic rings. The zero-order valence-electron chi connectivity index (χ0n) is 16.1. The predicted octanol–water partition coefficient (Wildman–Crippen LogP) is 6.86. The van der Waals surface area contributed by atoms with Crippen molar-refractivity contribution in [2.24, 2.45) is 39.9 Å². The van der Waals surface area contributed by atoms with Gasteiger partial charge >= 0.3 is 0 Å². The SMILES string of the molecule is CCCC(C(C)(C)C1=CC1)C(C)(CC)C12CCC(C1C)C2C. The molecular formula is C22H38. The summed E-state index contributed by atoms with van der Waals surface area (Å²) in [6.45, 7) is 17.8. The van der Waals surface area contributed by atoms with Gasteiger partial charge in [-0.2, -0.15) is 0 Å². The fraction of sp³-hybridized carbons (Fsp3) is 0.909. The molecule has 0 radical (unpaired) electrons. The first-order chi connectivity index (χ1) is 10.3. The zero-order chi connectivity index (χ0) is 16.3. The fourth-order valence-corrected chi connectivity index (χ4v) is 7.65. The van der Waals surface area contributed by atoms with Crippen molar-refractivity contribution in [3.63, 3.8) is 0 Å². The molecule has 0 heterocycles. The van der Waals surface area contributed by atoms with Crippen LogP contribution in [0.3, 0.4) is 0 Å². The van der Waals surface area contributed by atoms with Crippen LogP contribution in [0.4, 0.5) is 0 Å². The van der Waals surface area contributed by atoms with Crippen LogP contribution in [0.2, 0.25) is 0 Å². The molecule has 126 valence electrons. The van der Waals surface area contributed by atoms with Gasteiger partial charge in [-0.1, -0.05) is 66.5 Å². The van der Waals surface area contributed by atoms with Crippen molar-refractivity contribution in [1.29, 1.82) is 0 Å². The third-order valence-corrected chi connectivity index (χ3v) is 9.05. The number of rotatable bonds is 7. The molecule has 0 amide bonds. The van der Waals surface area contributed by atoms with Crippen molar-refractivity contribution in [3.05, 3.63) is 11.6 Å². The molecule has 0 spiro atoms. The van der Waals surface area contributed by atoms with E-state index in [1.807, 2.05) is 0 Å². The van der Waals surface area contributed by atoms with Crippen molar-refractivity contribution < 1.29 is 0 Å². The van der Waals surface area contributed by atoms with Gasteiger partial charge in [-0.3, -0.25) is 0 Å². The molecule has 0 nitrogen and oxygen atoms in total. The first kappa shape index (κ1) is 16.6. The van der Waals surface area contributed by atoms with Crippen molar-refractivity contribution in [2.45, 2.75) is 87.0 Å². The Hall–Kier alpha value is -0.260. The van der Waals surface area contributed by atoms with Crippen LogP contribution in [0, 0.1) is 39.9 Å². The lowest BCUT2D eigenvalue weighted by Gasteiger charge is -2.66. The van der Waals surface area contributed by atoms with Crippen LogP contribution < -0.4 is 0 Å². The standard InChI is InChI=1S/C22H38/c1-8-10-19(20(5,6)17-11-12-17)21(7,9-2)22-14-13-18(15(22)3)16(22)4/h11,15-16,18-19H,8-10,12-14H2,1-7H3. The number of fused-ring (bicyclic) bond motifs is 1. The smallest absolute Gasteiger partial charge is 0.0108 e. The van der Waals surface area contributed by atoms with Crippen molar-refractivity contribution >= 4 is 0 Å². The molecule has 3 saturated carbocycles. The second-order valence-corrected chi connectivity index (χ2v) is 9.59. The molecule has 0 aliphatic heterocycles. The summed E-state index contributed by atoms with van der Waals surface area (Å²) in [5, 5.41) is 0. The lowest BCUT2D eigenvalue weighted by Crippen LogP contribution is -2.60. The highest BCUT2D eigenvalue weighted by atomic mass is 14.7. The number of allylic oxidation sites excluding steroid dienone is 2. The molecule has 4 unspecified atom stereocenters. The van der Waals surface area contributed by atoms with Gasteiger partial charge in [-0.05, 0) is 72.0 Å². The quantitative estimate of drug-likeness (QED) is 0.451. The van der Waals surface area contributed by atoms with Crippen LogP contribution in [0.15, 0.2) is 11.6 Å². The molecule has 0 N–H and O–H groups in total. The van der Waals surface area contributed by atoms with Crippen molar-refractivity contribution in [3.8, 4) is 0 Å². The van der Waals surface area contributed by atoms with Gasteiger partial charge in [-0.25, -0.2) is 0 Å². The van der Waals surface area contributed by atoms with E-state index in [0.29, 0.717) is 16.2 Å². The van der Waals surface area contributed by atoms with E-state index >= 15 is 0 Å². The van der Waals surface area contributed by atoms with Crippen molar-refractivity contribution in [1.82, 2.24) is 0 Å². The van der Waals surface area contributed by atoms with Gasteiger partial charge in [0.1, 0.15) is 0 Å². The molecule has 0 heteroatoms. The minimum atomic E-state index is 0.405. The summed E-state index contributed by atoms with van der Waals surface area (Å²) in [5.74, 6) is 3.77. The maximum atomic E-state index is 2.69. The Labute approximate surface area is 139 Å². The van der Waals surface area contributed by atoms with Crippen LogP contribution in [0.1, 0.15) is 87.0 Å². The average molecular weight is 303 g/mol. The van der Waals surface area contributed by atoms with Gasteiger partial charge < -0.3 is 0 Å². The summed E-state index contributed by atoms with van der Waals surface area (Å²) >= 11 is 0. The molecule has 0 saturated heterocycles. The van der Waals surface area contributed by atoms with E-state index in [0.717, 1.165) is 23.7 Å². The van der Waals surface area contributed by atoms with E-state index in [4.69, 9.17) is 0 Å². The number of hydrogen-bond acceptors (Lipinski definition) is 0. The Kier molecular flexibility index (Phi) is 3.86. The van der Waals surface area contributed by atoms with Crippen LogP contribution in [-0.4, -0.2) is 0 Å². The van der Waals surface area contributed by atoms with Gasteiger partial charge in [0.2, 0.25) is 0 Å². The Balaban J connectivity index is 2.01. The summed E-state index contributed by atoms with van der Waals surface area (Å²) in [6.07, 6.45) is 10.9. The molecule has 22 heavy (non-hydrogen) atoms. The van der Waals surface area contributed by atoms with E-state index in [9.17, 15) is 0 Å². The zero-order valence-corrected chi connectivity index (χ0v) is 16.1. The molecule has 4 rings (SSSR count). The van der Waals surface area contributed by atoms with Gasteiger partial charge in [0, 0.05) is 0 Å². The molecule has 4 aliphatic rings. The summed E-state index contributed by atoms with van der Waals surface area (Å²) in [7, 11) is 0. The lowest BCUT2D eigenvalue weighted by molar-refractivity contribution is -0.177. The van der Waals surface area contributed by atoms with E-state index < -0.39 is 0 Å². The lowest BCUT2D eigenvalue weighted by atomic mass is 9.38. The normalized spacial score (nSPS) is 40.7. The van der Waals surface area contributed by atoms with Gasteiger partial charge in [0.05, 0.1) is 0 Å². The molecule has 0 aromatic heterocycles. The average Bonchev–Trinajstić information content (AvgIpc) is 3.22. The molecule has 0 aromatic carbocycles. The third kappa shape index (κ3) is 1.82. The molecule has 3 fully saturated rings.